The van der Waals surface area contributed by atoms with E-state index < -0.39 is 0 Å². The zero-order valence-corrected chi connectivity index (χ0v) is 11.4. The number of aryl methyl sites for hydroxylation is 1. The zero-order valence-electron chi connectivity index (χ0n) is 9.05. The minimum atomic E-state index is 0. The molecule has 0 amide bonds. The van der Waals surface area contributed by atoms with Crippen molar-refractivity contribution in [3.8, 4) is 0 Å². The van der Waals surface area contributed by atoms with Crippen LogP contribution in [0, 0.1) is 6.92 Å². The molecule has 1 aromatic heterocycles. The maximum Gasteiger partial charge on any atom is 0.132 e. The van der Waals surface area contributed by atoms with Crippen LogP contribution in [0.25, 0.3) is 0 Å². The summed E-state index contributed by atoms with van der Waals surface area (Å²) >= 11 is 6.11. The van der Waals surface area contributed by atoms with Crippen LogP contribution in [0.4, 0.5) is 0 Å². The van der Waals surface area contributed by atoms with Crippen molar-refractivity contribution < 1.29 is 0 Å². The normalized spacial score (nSPS) is 20.8. The van der Waals surface area contributed by atoms with Crippen molar-refractivity contribution in [1.29, 1.82) is 0 Å². The molecule has 2 nitrogen and oxygen atoms in total. The Balaban J connectivity index is 0.000000640. The second-order valence-electron chi connectivity index (χ2n) is 4.19. The number of pyridine rings is 1. The van der Waals surface area contributed by atoms with Gasteiger partial charge in [-0.15, -0.1) is 24.8 Å². The first-order valence-electron chi connectivity index (χ1n) is 5.18. The third-order valence-corrected chi connectivity index (χ3v) is 3.78. The van der Waals surface area contributed by atoms with E-state index in [0.717, 1.165) is 13.0 Å². The molecule has 0 radical (unpaired) electrons. The number of halogens is 3. The molecule has 1 aliphatic heterocycles. The summed E-state index contributed by atoms with van der Waals surface area (Å²) in [7, 11) is 0. The van der Waals surface area contributed by atoms with Crippen molar-refractivity contribution in [2.45, 2.75) is 38.8 Å². The topological polar surface area (TPSA) is 24.9 Å². The summed E-state index contributed by atoms with van der Waals surface area (Å²) in [5.74, 6) is 0. The van der Waals surface area contributed by atoms with Crippen molar-refractivity contribution >= 4 is 36.4 Å². The van der Waals surface area contributed by atoms with Crippen molar-refractivity contribution in [2.24, 2.45) is 0 Å². The number of nitrogens with one attached hydrogen (secondary N) is 1. The summed E-state index contributed by atoms with van der Waals surface area (Å²) in [4.78, 5) is 4.49. The van der Waals surface area contributed by atoms with E-state index in [4.69, 9.17) is 11.6 Å². The van der Waals surface area contributed by atoms with E-state index in [1.54, 1.807) is 0 Å². The van der Waals surface area contributed by atoms with Gasteiger partial charge in [-0.25, -0.2) is 4.98 Å². The lowest BCUT2D eigenvalue weighted by Crippen LogP contribution is -2.17. The van der Waals surface area contributed by atoms with E-state index in [2.05, 4.69) is 17.2 Å². The van der Waals surface area contributed by atoms with Gasteiger partial charge in [0.2, 0.25) is 0 Å². The largest absolute Gasteiger partial charge is 0.306 e. The van der Waals surface area contributed by atoms with Crippen LogP contribution in [0.5, 0.6) is 0 Å². The summed E-state index contributed by atoms with van der Waals surface area (Å²) in [6.45, 7) is 3.05. The van der Waals surface area contributed by atoms with Crippen LogP contribution < -0.4 is 5.32 Å². The molecule has 16 heavy (non-hydrogen) atoms. The lowest BCUT2D eigenvalue weighted by Gasteiger charge is -2.21. The van der Waals surface area contributed by atoms with Gasteiger partial charge in [0.25, 0.3) is 0 Å². The number of nitrogens with zero attached hydrogens (tertiary/aromatic N) is 1. The van der Waals surface area contributed by atoms with E-state index in [0.29, 0.717) is 11.2 Å². The van der Waals surface area contributed by atoms with E-state index >= 15 is 0 Å². The molecular weight excluding hydrogens is 266 g/mol. The molecular formula is C11H15Cl3N2. The van der Waals surface area contributed by atoms with Gasteiger partial charge in [0.15, 0.2) is 0 Å². The van der Waals surface area contributed by atoms with Crippen molar-refractivity contribution in [3.05, 3.63) is 27.5 Å². The molecule has 90 valence electrons. The molecule has 0 saturated carbocycles. The first kappa shape index (κ1) is 14.0. The molecule has 0 unspecified atom stereocenters. The van der Waals surface area contributed by atoms with Crippen molar-refractivity contribution in [3.63, 3.8) is 0 Å². The lowest BCUT2D eigenvalue weighted by atomic mass is 9.90. The minimum absolute atomic E-state index is 0. The number of aromatic nitrogens is 1. The van der Waals surface area contributed by atoms with Crippen LogP contribution in [0.2, 0.25) is 5.15 Å². The van der Waals surface area contributed by atoms with Crippen LogP contribution in [0.3, 0.4) is 0 Å². The molecule has 2 aliphatic rings. The maximum absolute atomic E-state index is 6.11. The summed E-state index contributed by atoms with van der Waals surface area (Å²) in [6.07, 6.45) is 3.58. The number of hydrogen-bond donors (Lipinski definition) is 1. The third-order valence-electron chi connectivity index (χ3n) is 3.41. The fourth-order valence-electron chi connectivity index (χ4n) is 2.64. The highest BCUT2D eigenvalue weighted by atomic mass is 35.5. The van der Waals surface area contributed by atoms with Gasteiger partial charge in [-0.1, -0.05) is 11.6 Å². The summed E-state index contributed by atoms with van der Waals surface area (Å²) in [5.41, 5.74) is 5.27. The Morgan fingerprint density at radius 2 is 2.12 bits per heavy atom. The Kier molecular flexibility index (Phi) is 4.47. The minimum Gasteiger partial charge on any atom is -0.306 e. The van der Waals surface area contributed by atoms with Gasteiger partial charge in [0.1, 0.15) is 5.15 Å². The highest BCUT2D eigenvalue weighted by molar-refractivity contribution is 6.30. The molecule has 0 fully saturated rings. The summed E-state index contributed by atoms with van der Waals surface area (Å²) in [6, 6.07) is 0.553. The van der Waals surface area contributed by atoms with Gasteiger partial charge in [0, 0.05) is 18.3 Å². The maximum atomic E-state index is 6.11. The van der Waals surface area contributed by atoms with E-state index in [1.807, 2.05) is 0 Å². The van der Waals surface area contributed by atoms with Crippen LogP contribution in [-0.2, 0) is 13.0 Å². The molecule has 1 atom stereocenters. The first-order chi connectivity index (χ1) is 6.77. The van der Waals surface area contributed by atoms with Crippen LogP contribution in [0.1, 0.15) is 41.3 Å². The third kappa shape index (κ3) is 1.92. The Morgan fingerprint density at radius 3 is 2.88 bits per heavy atom. The summed E-state index contributed by atoms with van der Waals surface area (Å²) < 4.78 is 0. The molecule has 1 aliphatic carbocycles. The van der Waals surface area contributed by atoms with Crippen LogP contribution in [0.15, 0.2) is 0 Å². The van der Waals surface area contributed by atoms with Gasteiger partial charge in [-0.3, -0.25) is 0 Å². The predicted octanol–water partition coefficient (Wildman–Crippen LogP) is 3.37. The molecule has 0 saturated heterocycles. The Hall–Kier alpha value is -0.0200. The lowest BCUT2D eigenvalue weighted by molar-refractivity contribution is 0.493. The predicted molar refractivity (Wildman–Crippen MR) is 71.0 cm³/mol. The van der Waals surface area contributed by atoms with E-state index in [1.165, 1.54) is 35.2 Å². The van der Waals surface area contributed by atoms with Crippen molar-refractivity contribution in [1.82, 2.24) is 10.3 Å². The Bertz CT molecular complexity index is 407. The molecule has 2 heterocycles. The van der Waals surface area contributed by atoms with E-state index in [9.17, 15) is 0 Å². The van der Waals surface area contributed by atoms with E-state index in [-0.39, 0.29) is 24.8 Å². The molecule has 0 spiro atoms. The van der Waals surface area contributed by atoms with Crippen LogP contribution >= 0.6 is 36.4 Å². The van der Waals surface area contributed by atoms with Gasteiger partial charge in [-0.2, -0.15) is 0 Å². The quantitative estimate of drug-likeness (QED) is 0.738. The zero-order chi connectivity index (χ0) is 9.71. The van der Waals surface area contributed by atoms with Gasteiger partial charge >= 0.3 is 0 Å². The molecule has 0 bridgehead atoms. The highest BCUT2D eigenvalue weighted by Gasteiger charge is 2.30. The summed E-state index contributed by atoms with van der Waals surface area (Å²) in [5, 5.41) is 4.23. The Morgan fingerprint density at radius 1 is 1.38 bits per heavy atom. The number of rotatable bonds is 0. The Labute approximate surface area is 113 Å². The second kappa shape index (κ2) is 5.09. The molecule has 1 N–H and O–H groups in total. The van der Waals surface area contributed by atoms with Gasteiger partial charge in [-0.05, 0) is 42.9 Å². The molecule has 0 aromatic carbocycles. The molecule has 3 rings (SSSR count). The van der Waals surface area contributed by atoms with Crippen molar-refractivity contribution in [2.75, 3.05) is 0 Å². The molecule has 1 aromatic rings. The average molecular weight is 282 g/mol. The smallest absolute Gasteiger partial charge is 0.132 e. The first-order valence-corrected chi connectivity index (χ1v) is 5.56. The SMILES string of the molecule is Cc1c(Cl)nc2c3c1CN[C@@H]3CCC2.Cl.Cl. The number of hydrogen-bond acceptors (Lipinski definition) is 2. The fourth-order valence-corrected chi connectivity index (χ4v) is 2.86. The molecule has 5 heteroatoms. The average Bonchev–Trinajstić information content (AvgIpc) is 2.60. The fraction of sp³-hybridized carbons (Fsp3) is 0.545. The monoisotopic (exact) mass is 280 g/mol. The standard InChI is InChI=1S/C11H13ClN2.2ClH/c1-6-7-5-13-8-3-2-4-9(10(7)8)14-11(6)12;;/h8,13H,2-5H2,1H3;2*1H/t8-;;/m1../s1. The highest BCUT2D eigenvalue weighted by Crippen LogP contribution is 2.38. The van der Waals surface area contributed by atoms with Gasteiger partial charge in [0.05, 0.1) is 0 Å². The second-order valence-corrected chi connectivity index (χ2v) is 4.55. The van der Waals surface area contributed by atoms with Crippen LogP contribution in [-0.4, -0.2) is 4.98 Å². The van der Waals surface area contributed by atoms with Gasteiger partial charge < -0.3 is 5.32 Å².